The van der Waals surface area contributed by atoms with Gasteiger partial charge in [-0.25, -0.2) is 0 Å². The standard InChI is InChI=1S/C17H27N3O/c1-13-4-3-5-16(14(13)2)19-17(21)12-20-10-7-15(6-9-18)8-11-20/h3-5,15H,6-12,18H2,1-2H3,(H,19,21). The Kier molecular flexibility index (Phi) is 5.76. The van der Waals surface area contributed by atoms with Gasteiger partial charge in [0.25, 0.3) is 0 Å². The van der Waals surface area contributed by atoms with Crippen LogP contribution in [0.3, 0.4) is 0 Å². The average Bonchev–Trinajstić information content (AvgIpc) is 2.46. The maximum atomic E-state index is 12.2. The van der Waals surface area contributed by atoms with Crippen LogP contribution in [0.5, 0.6) is 0 Å². The van der Waals surface area contributed by atoms with Crippen molar-refractivity contribution < 1.29 is 4.79 Å². The number of benzene rings is 1. The molecule has 2 rings (SSSR count). The van der Waals surface area contributed by atoms with E-state index < -0.39 is 0 Å². The topological polar surface area (TPSA) is 58.4 Å². The number of rotatable bonds is 5. The highest BCUT2D eigenvalue weighted by Gasteiger charge is 2.20. The van der Waals surface area contributed by atoms with Gasteiger partial charge in [-0.15, -0.1) is 0 Å². The molecule has 0 atom stereocenters. The Bertz CT molecular complexity index is 479. The third kappa shape index (κ3) is 4.55. The molecule has 0 unspecified atom stereocenters. The van der Waals surface area contributed by atoms with Gasteiger partial charge in [-0.05, 0) is 75.9 Å². The van der Waals surface area contributed by atoms with Gasteiger partial charge in [0.15, 0.2) is 0 Å². The van der Waals surface area contributed by atoms with Crippen molar-refractivity contribution in [2.24, 2.45) is 11.7 Å². The second kappa shape index (κ2) is 7.57. The summed E-state index contributed by atoms with van der Waals surface area (Å²) in [6.45, 7) is 7.38. The summed E-state index contributed by atoms with van der Waals surface area (Å²) in [5.74, 6) is 0.828. The van der Waals surface area contributed by atoms with E-state index in [1.54, 1.807) is 0 Å². The van der Waals surface area contributed by atoms with Crippen LogP contribution in [0.4, 0.5) is 5.69 Å². The number of aryl methyl sites for hydroxylation is 1. The maximum Gasteiger partial charge on any atom is 0.238 e. The lowest BCUT2D eigenvalue weighted by Gasteiger charge is -2.31. The van der Waals surface area contributed by atoms with E-state index in [-0.39, 0.29) is 5.91 Å². The predicted octanol–water partition coefficient (Wildman–Crippen LogP) is 2.30. The van der Waals surface area contributed by atoms with Crippen molar-refractivity contribution in [2.45, 2.75) is 33.1 Å². The molecule has 1 fully saturated rings. The second-order valence-corrected chi connectivity index (χ2v) is 6.09. The molecule has 1 amide bonds. The van der Waals surface area contributed by atoms with Crippen LogP contribution < -0.4 is 11.1 Å². The number of piperidine rings is 1. The van der Waals surface area contributed by atoms with Crippen molar-refractivity contribution in [1.29, 1.82) is 0 Å². The van der Waals surface area contributed by atoms with E-state index in [0.717, 1.165) is 56.1 Å². The van der Waals surface area contributed by atoms with Crippen LogP contribution in [0.1, 0.15) is 30.4 Å². The van der Waals surface area contributed by atoms with Crippen LogP contribution >= 0.6 is 0 Å². The number of nitrogens with one attached hydrogen (secondary N) is 1. The molecule has 0 spiro atoms. The first kappa shape index (κ1) is 16.0. The summed E-state index contributed by atoms with van der Waals surface area (Å²) in [6.07, 6.45) is 3.43. The molecule has 1 aliphatic rings. The number of nitrogens with two attached hydrogens (primary N) is 1. The maximum absolute atomic E-state index is 12.2. The summed E-state index contributed by atoms with van der Waals surface area (Å²) in [5.41, 5.74) is 8.89. The molecular formula is C17H27N3O. The number of hydrogen-bond acceptors (Lipinski definition) is 3. The molecular weight excluding hydrogens is 262 g/mol. The van der Waals surface area contributed by atoms with E-state index in [9.17, 15) is 4.79 Å². The largest absolute Gasteiger partial charge is 0.330 e. The molecule has 0 radical (unpaired) electrons. The van der Waals surface area contributed by atoms with Crippen molar-refractivity contribution in [3.05, 3.63) is 29.3 Å². The van der Waals surface area contributed by atoms with Gasteiger partial charge >= 0.3 is 0 Å². The van der Waals surface area contributed by atoms with Gasteiger partial charge in [-0.1, -0.05) is 12.1 Å². The zero-order chi connectivity index (χ0) is 15.2. The summed E-state index contributed by atoms with van der Waals surface area (Å²) >= 11 is 0. The number of carbonyl (C=O) groups is 1. The van der Waals surface area contributed by atoms with Gasteiger partial charge in [0.05, 0.1) is 6.54 Å². The number of anilines is 1. The third-order valence-corrected chi connectivity index (χ3v) is 4.53. The van der Waals surface area contributed by atoms with Gasteiger partial charge in [0, 0.05) is 5.69 Å². The minimum Gasteiger partial charge on any atom is -0.330 e. The Hall–Kier alpha value is -1.39. The molecule has 1 saturated heterocycles. The van der Waals surface area contributed by atoms with Crippen molar-refractivity contribution in [3.63, 3.8) is 0 Å². The summed E-state index contributed by atoms with van der Waals surface area (Å²) < 4.78 is 0. The second-order valence-electron chi connectivity index (χ2n) is 6.09. The molecule has 116 valence electrons. The Morgan fingerprint density at radius 1 is 1.33 bits per heavy atom. The number of amides is 1. The number of nitrogens with zero attached hydrogens (tertiary/aromatic N) is 1. The van der Waals surface area contributed by atoms with Gasteiger partial charge in [-0.3, -0.25) is 9.69 Å². The lowest BCUT2D eigenvalue weighted by Crippen LogP contribution is -2.39. The van der Waals surface area contributed by atoms with E-state index in [0.29, 0.717) is 6.54 Å². The van der Waals surface area contributed by atoms with E-state index in [4.69, 9.17) is 5.73 Å². The molecule has 0 aromatic heterocycles. The highest BCUT2D eigenvalue weighted by Crippen LogP contribution is 2.20. The van der Waals surface area contributed by atoms with Crippen LogP contribution in [-0.2, 0) is 4.79 Å². The molecule has 3 N–H and O–H groups in total. The van der Waals surface area contributed by atoms with Crippen molar-refractivity contribution in [3.8, 4) is 0 Å². The van der Waals surface area contributed by atoms with E-state index in [1.807, 2.05) is 19.1 Å². The minimum absolute atomic E-state index is 0.0842. The highest BCUT2D eigenvalue weighted by atomic mass is 16.2. The van der Waals surface area contributed by atoms with Crippen molar-refractivity contribution >= 4 is 11.6 Å². The fourth-order valence-corrected chi connectivity index (χ4v) is 2.95. The molecule has 0 saturated carbocycles. The van der Waals surface area contributed by atoms with E-state index in [1.165, 1.54) is 5.56 Å². The van der Waals surface area contributed by atoms with Crippen LogP contribution in [-0.4, -0.2) is 37.0 Å². The molecule has 0 bridgehead atoms. The smallest absolute Gasteiger partial charge is 0.238 e. The van der Waals surface area contributed by atoms with Crippen molar-refractivity contribution in [1.82, 2.24) is 4.90 Å². The normalized spacial score (nSPS) is 16.9. The quantitative estimate of drug-likeness (QED) is 0.874. The molecule has 1 aromatic carbocycles. The summed E-state index contributed by atoms with van der Waals surface area (Å²) in [5, 5.41) is 3.03. The van der Waals surface area contributed by atoms with Gasteiger partial charge in [0.1, 0.15) is 0 Å². The molecule has 4 heteroatoms. The number of hydrogen-bond donors (Lipinski definition) is 2. The average molecular weight is 289 g/mol. The summed E-state index contributed by atoms with van der Waals surface area (Å²) in [7, 11) is 0. The van der Waals surface area contributed by atoms with E-state index in [2.05, 4.69) is 23.2 Å². The molecule has 1 aliphatic heterocycles. The van der Waals surface area contributed by atoms with Crippen LogP contribution in [0, 0.1) is 19.8 Å². The Morgan fingerprint density at radius 2 is 2.05 bits per heavy atom. The highest BCUT2D eigenvalue weighted by molar-refractivity contribution is 5.93. The molecule has 1 aromatic rings. The monoisotopic (exact) mass is 289 g/mol. The molecule has 1 heterocycles. The van der Waals surface area contributed by atoms with Gasteiger partial charge in [0.2, 0.25) is 5.91 Å². The molecule has 21 heavy (non-hydrogen) atoms. The number of carbonyl (C=O) groups excluding carboxylic acids is 1. The van der Waals surface area contributed by atoms with Crippen LogP contribution in [0.15, 0.2) is 18.2 Å². The Morgan fingerprint density at radius 3 is 2.71 bits per heavy atom. The van der Waals surface area contributed by atoms with Crippen LogP contribution in [0.25, 0.3) is 0 Å². The Labute approximate surface area is 127 Å². The fourth-order valence-electron chi connectivity index (χ4n) is 2.95. The minimum atomic E-state index is 0.0842. The SMILES string of the molecule is Cc1cccc(NC(=O)CN2CCC(CCN)CC2)c1C. The first-order valence-electron chi connectivity index (χ1n) is 7.88. The summed E-state index contributed by atoms with van der Waals surface area (Å²) in [4.78, 5) is 14.4. The predicted molar refractivity (Wildman–Crippen MR) is 87.4 cm³/mol. The zero-order valence-electron chi connectivity index (χ0n) is 13.2. The molecule has 4 nitrogen and oxygen atoms in total. The molecule has 0 aliphatic carbocycles. The first-order chi connectivity index (χ1) is 10.1. The van der Waals surface area contributed by atoms with Gasteiger partial charge in [-0.2, -0.15) is 0 Å². The first-order valence-corrected chi connectivity index (χ1v) is 7.88. The lowest BCUT2D eigenvalue weighted by atomic mass is 9.94. The van der Waals surface area contributed by atoms with Gasteiger partial charge < -0.3 is 11.1 Å². The summed E-state index contributed by atoms with van der Waals surface area (Å²) in [6, 6.07) is 6.01. The van der Waals surface area contributed by atoms with Crippen molar-refractivity contribution in [2.75, 3.05) is 31.5 Å². The number of likely N-dealkylation sites (tertiary alicyclic amines) is 1. The van der Waals surface area contributed by atoms with E-state index >= 15 is 0 Å². The third-order valence-electron chi connectivity index (χ3n) is 4.53. The zero-order valence-corrected chi connectivity index (χ0v) is 13.2. The fraction of sp³-hybridized carbons (Fsp3) is 0.588. The lowest BCUT2D eigenvalue weighted by molar-refractivity contribution is -0.117. The van der Waals surface area contributed by atoms with Crippen LogP contribution in [0.2, 0.25) is 0 Å². The Balaban J connectivity index is 1.81.